The molecule has 298 valence electrons. The first-order valence-corrected chi connectivity index (χ1v) is 20.3. The van der Waals surface area contributed by atoms with Crippen molar-refractivity contribution in [1.29, 1.82) is 0 Å². The molecule has 3 aliphatic rings. The number of fused-ring (bicyclic) bond motifs is 1. The van der Waals surface area contributed by atoms with Crippen molar-refractivity contribution < 1.29 is 38.5 Å². The van der Waals surface area contributed by atoms with Crippen molar-refractivity contribution in [2.24, 2.45) is 5.92 Å². The van der Waals surface area contributed by atoms with Gasteiger partial charge in [-0.3, -0.25) is 29.4 Å². The lowest BCUT2D eigenvalue weighted by Crippen LogP contribution is -2.54. The van der Waals surface area contributed by atoms with Crippen LogP contribution < -0.4 is 15.4 Å². The van der Waals surface area contributed by atoms with Gasteiger partial charge < -0.3 is 24.6 Å². The van der Waals surface area contributed by atoms with E-state index in [-0.39, 0.29) is 29.7 Å². The molecule has 4 amide bonds. The lowest BCUT2D eigenvalue weighted by Gasteiger charge is -2.27. The van der Waals surface area contributed by atoms with Gasteiger partial charge in [-0.2, -0.15) is 0 Å². The summed E-state index contributed by atoms with van der Waals surface area (Å²) in [6.07, 6.45) is 11.0. The van der Waals surface area contributed by atoms with Crippen molar-refractivity contribution in [3.8, 4) is 11.5 Å². The first-order valence-electron chi connectivity index (χ1n) is 20.3. The van der Waals surface area contributed by atoms with Crippen LogP contribution in [0.3, 0.4) is 0 Å². The highest BCUT2D eigenvalue weighted by atomic mass is 16.5. The van der Waals surface area contributed by atoms with Gasteiger partial charge in [0.25, 0.3) is 11.8 Å². The van der Waals surface area contributed by atoms with Crippen LogP contribution in [0, 0.1) is 5.92 Å². The van der Waals surface area contributed by atoms with E-state index in [1.54, 1.807) is 30.3 Å². The fourth-order valence-corrected chi connectivity index (χ4v) is 7.96. The minimum atomic E-state index is -0.976. The monoisotopic (exact) mass is 765 g/mol. The number of phenolic OH excluding ortho intramolecular Hbond substituents is 1. The van der Waals surface area contributed by atoms with Crippen molar-refractivity contribution in [2.45, 2.75) is 90.0 Å². The summed E-state index contributed by atoms with van der Waals surface area (Å²) in [5, 5.41) is 15.4. The highest BCUT2D eigenvalue weighted by Crippen LogP contribution is 2.39. The lowest BCUT2D eigenvalue weighted by molar-refractivity contribution is -0.136. The predicted molar refractivity (Wildman–Crippen MR) is 215 cm³/mol. The number of carbonyl (C=O) groups is 4. The first-order chi connectivity index (χ1) is 27.3. The van der Waals surface area contributed by atoms with Gasteiger partial charge in [0.1, 0.15) is 17.5 Å². The Labute approximate surface area is 329 Å². The summed E-state index contributed by atoms with van der Waals surface area (Å²) in [6, 6.07) is 20.1. The molecule has 0 radical (unpaired) electrons. The summed E-state index contributed by atoms with van der Waals surface area (Å²) in [5.41, 5.74) is 6.36. The summed E-state index contributed by atoms with van der Waals surface area (Å²) in [7, 11) is 0. The Bertz CT molecular complexity index is 1850. The molecule has 2 fully saturated rings. The van der Waals surface area contributed by atoms with E-state index in [4.69, 9.17) is 14.2 Å². The molecular weight excluding hydrogens is 711 g/mol. The summed E-state index contributed by atoms with van der Waals surface area (Å²) in [5.74, 6) is -0.301. The topological polar surface area (TPSA) is 144 Å². The third-order valence-corrected chi connectivity index (χ3v) is 10.9. The smallest absolute Gasteiger partial charge is 0.262 e. The van der Waals surface area contributed by atoms with E-state index in [2.05, 4.69) is 41.8 Å². The molecule has 3 N–H and O–H groups in total. The Balaban J connectivity index is 0.821. The molecule has 56 heavy (non-hydrogen) atoms. The zero-order chi connectivity index (χ0) is 39.3. The average molecular weight is 766 g/mol. The standard InChI is InChI=1S/C45H55N3O8/c1-2-37(31-10-4-3-5-11-31)42(32-12-17-35(49)18-13-32)33-14-19-36(20-15-33)56-29-7-6-25-54-27-9-28-55-26-8-24-46-34-16-21-38-39(30-34)45(53)48(44(38)52)40-22-23-41(50)47-43(40)51/h12-21,30-31,40,46,49H,2-11,22-29H2,1H3,(H,47,50,51)/b42-37-. The Morgan fingerprint density at radius 2 is 1.39 bits per heavy atom. The number of benzene rings is 3. The number of amides is 4. The molecule has 11 nitrogen and oxygen atoms in total. The van der Waals surface area contributed by atoms with Gasteiger partial charge in [0.05, 0.1) is 17.7 Å². The van der Waals surface area contributed by atoms with Crippen molar-refractivity contribution in [3.05, 3.63) is 94.6 Å². The fraction of sp³-hybridized carbons (Fsp3) is 0.467. The number of phenols is 1. The molecule has 11 heteroatoms. The molecule has 1 aliphatic carbocycles. The molecule has 6 rings (SSSR count). The number of nitrogens with one attached hydrogen (secondary N) is 2. The van der Waals surface area contributed by atoms with Crippen molar-refractivity contribution in [1.82, 2.24) is 10.2 Å². The van der Waals surface area contributed by atoms with Gasteiger partial charge in [0, 0.05) is 45.1 Å². The maximum absolute atomic E-state index is 13.0. The molecule has 1 saturated heterocycles. The van der Waals surface area contributed by atoms with Crippen LogP contribution in [0.25, 0.3) is 5.57 Å². The molecule has 1 saturated carbocycles. The maximum atomic E-state index is 13.0. The maximum Gasteiger partial charge on any atom is 0.262 e. The van der Waals surface area contributed by atoms with Crippen LogP contribution >= 0.6 is 0 Å². The molecule has 1 unspecified atom stereocenters. The van der Waals surface area contributed by atoms with Crippen LogP contribution in [-0.4, -0.2) is 79.3 Å². The quantitative estimate of drug-likeness (QED) is 0.0780. The van der Waals surface area contributed by atoms with Crippen LogP contribution in [0.15, 0.2) is 72.3 Å². The molecule has 0 aromatic heterocycles. The van der Waals surface area contributed by atoms with Crippen LogP contribution in [0.5, 0.6) is 11.5 Å². The van der Waals surface area contributed by atoms with E-state index in [0.717, 1.165) is 48.3 Å². The van der Waals surface area contributed by atoms with E-state index in [9.17, 15) is 24.3 Å². The molecule has 0 bridgehead atoms. The summed E-state index contributed by atoms with van der Waals surface area (Å²) in [6.45, 7) is 6.01. The number of hydrogen-bond acceptors (Lipinski definition) is 9. The van der Waals surface area contributed by atoms with Crippen molar-refractivity contribution in [3.63, 3.8) is 0 Å². The number of imide groups is 2. The van der Waals surface area contributed by atoms with Crippen molar-refractivity contribution >= 4 is 34.9 Å². The summed E-state index contributed by atoms with van der Waals surface area (Å²) in [4.78, 5) is 50.7. The largest absolute Gasteiger partial charge is 0.508 e. The van der Waals surface area contributed by atoms with E-state index in [0.29, 0.717) is 51.2 Å². The number of hydrogen-bond donors (Lipinski definition) is 3. The van der Waals surface area contributed by atoms with Crippen LogP contribution in [0.4, 0.5) is 5.69 Å². The third-order valence-electron chi connectivity index (χ3n) is 10.9. The van der Waals surface area contributed by atoms with Crippen LogP contribution in [-0.2, 0) is 19.1 Å². The number of ether oxygens (including phenoxy) is 3. The van der Waals surface area contributed by atoms with Gasteiger partial charge in [-0.1, -0.05) is 56.0 Å². The lowest BCUT2D eigenvalue weighted by atomic mass is 9.78. The summed E-state index contributed by atoms with van der Waals surface area (Å²) >= 11 is 0. The van der Waals surface area contributed by atoms with Crippen molar-refractivity contribution in [2.75, 3.05) is 44.9 Å². The molecular formula is C45H55N3O8. The predicted octanol–water partition coefficient (Wildman–Crippen LogP) is 7.67. The minimum Gasteiger partial charge on any atom is -0.508 e. The fourth-order valence-electron chi connectivity index (χ4n) is 7.96. The van der Waals surface area contributed by atoms with E-state index in [1.165, 1.54) is 48.8 Å². The van der Waals surface area contributed by atoms with Gasteiger partial charge in [-0.15, -0.1) is 0 Å². The second kappa shape index (κ2) is 20.2. The molecule has 0 spiro atoms. The highest BCUT2D eigenvalue weighted by Gasteiger charge is 2.44. The summed E-state index contributed by atoms with van der Waals surface area (Å²) < 4.78 is 17.6. The number of anilines is 1. The average Bonchev–Trinajstić information content (AvgIpc) is 3.46. The van der Waals surface area contributed by atoms with E-state index in [1.807, 2.05) is 12.1 Å². The Kier molecular flexibility index (Phi) is 14.7. The Morgan fingerprint density at radius 1 is 0.750 bits per heavy atom. The second-order valence-corrected chi connectivity index (χ2v) is 14.8. The van der Waals surface area contributed by atoms with Gasteiger partial charge in [-0.25, -0.2) is 0 Å². The Morgan fingerprint density at radius 3 is 2.09 bits per heavy atom. The number of piperidine rings is 1. The number of allylic oxidation sites excluding steroid dienone is 1. The zero-order valence-electron chi connectivity index (χ0n) is 32.5. The number of aromatic hydroxyl groups is 1. The van der Waals surface area contributed by atoms with E-state index >= 15 is 0 Å². The SMILES string of the molecule is CC/C(=C(\c1ccc(O)cc1)c1ccc(OCCCCOCCCOCCCNc2ccc3c(c2)C(=O)N(C2CCC(=O)NC2=O)C3=O)cc1)C1CCCCC1. The first kappa shape index (κ1) is 40.7. The normalized spacial score (nSPS) is 17.8. The Hall–Kier alpha value is -5.00. The number of unbranched alkanes of at least 4 members (excludes halogenated alkanes) is 1. The number of carbonyl (C=O) groups excluding carboxylic acids is 4. The third kappa shape index (κ3) is 10.4. The van der Waals surface area contributed by atoms with Crippen LogP contribution in [0.2, 0.25) is 0 Å². The highest BCUT2D eigenvalue weighted by molar-refractivity contribution is 6.23. The van der Waals surface area contributed by atoms with Gasteiger partial charge in [-0.05, 0) is 116 Å². The molecule has 3 aromatic carbocycles. The molecule has 3 aromatic rings. The van der Waals surface area contributed by atoms with Gasteiger partial charge >= 0.3 is 0 Å². The van der Waals surface area contributed by atoms with Crippen LogP contribution in [0.1, 0.15) is 116 Å². The van der Waals surface area contributed by atoms with Gasteiger partial charge in [0.2, 0.25) is 11.8 Å². The second-order valence-electron chi connectivity index (χ2n) is 14.8. The number of nitrogens with zero attached hydrogens (tertiary/aromatic N) is 1. The van der Waals surface area contributed by atoms with E-state index < -0.39 is 29.7 Å². The minimum absolute atomic E-state index is 0.0870. The molecule has 2 heterocycles. The molecule has 2 aliphatic heterocycles. The number of rotatable bonds is 20. The zero-order valence-corrected chi connectivity index (χ0v) is 32.5. The molecule has 1 atom stereocenters. The van der Waals surface area contributed by atoms with Gasteiger partial charge in [0.15, 0.2) is 0 Å².